The van der Waals surface area contributed by atoms with E-state index in [0.29, 0.717) is 11.7 Å². The van der Waals surface area contributed by atoms with Crippen LogP contribution < -0.4 is 0 Å². The Morgan fingerprint density at radius 2 is 2.05 bits per heavy atom. The third-order valence-electron chi connectivity index (χ3n) is 3.54. The lowest BCUT2D eigenvalue weighted by atomic mass is 10.0. The van der Waals surface area contributed by atoms with E-state index in [-0.39, 0.29) is 18.9 Å². The monoisotopic (exact) mass is 278 g/mol. The summed E-state index contributed by atoms with van der Waals surface area (Å²) in [6, 6.07) is 4.13. The van der Waals surface area contributed by atoms with Gasteiger partial charge in [0.05, 0.1) is 6.42 Å². The lowest BCUT2D eigenvalue weighted by Crippen LogP contribution is -2.47. The van der Waals surface area contributed by atoms with E-state index in [1.54, 1.807) is 4.90 Å². The second kappa shape index (κ2) is 5.31. The van der Waals surface area contributed by atoms with Crippen molar-refractivity contribution >= 4 is 11.9 Å². The van der Waals surface area contributed by atoms with Crippen molar-refractivity contribution in [1.29, 1.82) is 0 Å². The van der Waals surface area contributed by atoms with Gasteiger partial charge in [-0.1, -0.05) is 0 Å². The van der Waals surface area contributed by atoms with Gasteiger partial charge in [0.1, 0.15) is 5.69 Å². The zero-order valence-corrected chi connectivity index (χ0v) is 12.3. The fraction of sp³-hybridized carbons (Fsp3) is 0.600. The lowest BCUT2D eigenvalue weighted by molar-refractivity contribution is -0.137. The van der Waals surface area contributed by atoms with Gasteiger partial charge < -0.3 is 14.6 Å². The fourth-order valence-electron chi connectivity index (χ4n) is 2.33. The zero-order chi connectivity index (χ0) is 14.9. The third-order valence-corrected chi connectivity index (χ3v) is 3.54. The Balaban J connectivity index is 2.21. The van der Waals surface area contributed by atoms with Crippen molar-refractivity contribution in [2.45, 2.75) is 51.6 Å². The summed E-state index contributed by atoms with van der Waals surface area (Å²) in [4.78, 5) is 25.2. The van der Waals surface area contributed by atoms with Gasteiger partial charge >= 0.3 is 5.97 Å². The number of nitrogens with zero attached hydrogens (tertiary/aromatic N) is 2. The molecular weight excluding hydrogens is 256 g/mol. The first-order valence-electron chi connectivity index (χ1n) is 7.01. The Kier molecular flexibility index (Phi) is 3.88. The summed E-state index contributed by atoms with van der Waals surface area (Å²) >= 11 is 0. The Hall–Kier alpha value is -1.78. The van der Waals surface area contributed by atoms with E-state index >= 15 is 0 Å². The lowest BCUT2D eigenvalue weighted by Gasteiger charge is -2.35. The molecule has 1 aliphatic rings. The van der Waals surface area contributed by atoms with Crippen LogP contribution in [-0.4, -0.2) is 38.5 Å². The molecule has 0 aliphatic heterocycles. The van der Waals surface area contributed by atoms with Crippen molar-refractivity contribution in [3.05, 3.63) is 24.0 Å². The minimum atomic E-state index is -0.885. The molecule has 110 valence electrons. The number of hydrogen-bond donors (Lipinski definition) is 1. The Bertz CT molecular complexity index is 509. The number of carboxylic acid groups (broad SMARTS) is 1. The molecule has 5 heteroatoms. The first kappa shape index (κ1) is 14.6. The second-order valence-electron chi connectivity index (χ2n) is 6.30. The maximum Gasteiger partial charge on any atom is 0.305 e. The molecule has 5 nitrogen and oxygen atoms in total. The van der Waals surface area contributed by atoms with Gasteiger partial charge in [0.15, 0.2) is 0 Å². The summed E-state index contributed by atoms with van der Waals surface area (Å²) in [5.74, 6) is -0.972. The number of rotatable bonds is 5. The van der Waals surface area contributed by atoms with Crippen LogP contribution in [0.25, 0.3) is 0 Å². The van der Waals surface area contributed by atoms with Crippen LogP contribution >= 0.6 is 0 Å². The predicted molar refractivity (Wildman–Crippen MR) is 75.7 cm³/mol. The summed E-state index contributed by atoms with van der Waals surface area (Å²) in [5.41, 5.74) is 0.262. The molecule has 0 unspecified atom stereocenters. The molecule has 1 aromatic rings. The van der Waals surface area contributed by atoms with Gasteiger partial charge in [-0.25, -0.2) is 0 Å². The zero-order valence-electron chi connectivity index (χ0n) is 12.3. The molecule has 0 bridgehead atoms. The number of amides is 1. The molecule has 0 aromatic carbocycles. The molecule has 1 amide bonds. The molecule has 1 aliphatic carbocycles. The largest absolute Gasteiger partial charge is 0.481 e. The molecule has 1 N–H and O–H groups in total. The molecular formula is C15H22N2O3. The van der Waals surface area contributed by atoms with Crippen LogP contribution in [0.3, 0.4) is 0 Å². The number of aromatic nitrogens is 1. The summed E-state index contributed by atoms with van der Waals surface area (Å²) < 4.78 is 2.02. The number of carbonyl (C=O) groups is 2. The van der Waals surface area contributed by atoms with Gasteiger partial charge in [0.2, 0.25) is 0 Å². The van der Waals surface area contributed by atoms with E-state index in [4.69, 9.17) is 5.11 Å². The van der Waals surface area contributed by atoms with E-state index in [1.807, 2.05) is 43.7 Å². The van der Waals surface area contributed by atoms with Gasteiger partial charge in [0.25, 0.3) is 5.91 Å². The summed E-state index contributed by atoms with van der Waals surface area (Å²) in [6.45, 7) is 6.01. The minimum absolute atomic E-state index is 0.0346. The Labute approximate surface area is 119 Å². The van der Waals surface area contributed by atoms with E-state index in [1.165, 1.54) is 0 Å². The molecule has 0 saturated heterocycles. The Morgan fingerprint density at radius 1 is 1.40 bits per heavy atom. The van der Waals surface area contributed by atoms with Crippen LogP contribution in [0, 0.1) is 0 Å². The first-order chi connectivity index (χ1) is 9.30. The summed E-state index contributed by atoms with van der Waals surface area (Å²) in [5, 5.41) is 8.85. The SMILES string of the molecule is CC(C)(C)N(CCC(=O)O)C(=O)c1cccn1C1CC1. The van der Waals surface area contributed by atoms with Crippen molar-refractivity contribution in [3.63, 3.8) is 0 Å². The second-order valence-corrected chi connectivity index (χ2v) is 6.30. The first-order valence-corrected chi connectivity index (χ1v) is 7.01. The van der Waals surface area contributed by atoms with E-state index in [2.05, 4.69) is 0 Å². The number of carbonyl (C=O) groups excluding carboxylic acids is 1. The summed E-state index contributed by atoms with van der Waals surface area (Å²) in [6.07, 6.45) is 4.12. The maximum absolute atomic E-state index is 12.7. The van der Waals surface area contributed by atoms with Crippen molar-refractivity contribution in [1.82, 2.24) is 9.47 Å². The minimum Gasteiger partial charge on any atom is -0.481 e. The number of aliphatic carboxylic acids is 1. The molecule has 0 radical (unpaired) electrons. The third kappa shape index (κ3) is 3.21. The van der Waals surface area contributed by atoms with Crippen LogP contribution in [0.2, 0.25) is 0 Å². The highest BCUT2D eigenvalue weighted by Crippen LogP contribution is 2.36. The molecule has 1 fully saturated rings. The number of hydrogen-bond acceptors (Lipinski definition) is 2. The topological polar surface area (TPSA) is 62.5 Å². The van der Waals surface area contributed by atoms with Crippen molar-refractivity contribution in [3.8, 4) is 0 Å². The van der Waals surface area contributed by atoms with Gasteiger partial charge in [-0.2, -0.15) is 0 Å². The van der Waals surface area contributed by atoms with Crippen LogP contribution in [-0.2, 0) is 4.79 Å². The average molecular weight is 278 g/mol. The highest BCUT2D eigenvalue weighted by atomic mass is 16.4. The van der Waals surface area contributed by atoms with E-state index in [9.17, 15) is 9.59 Å². The van der Waals surface area contributed by atoms with Gasteiger partial charge in [0, 0.05) is 24.3 Å². The fourth-order valence-corrected chi connectivity index (χ4v) is 2.33. The van der Waals surface area contributed by atoms with Gasteiger partial charge in [-0.15, -0.1) is 0 Å². The average Bonchev–Trinajstić information content (AvgIpc) is 3.04. The van der Waals surface area contributed by atoms with Crippen LogP contribution in [0.5, 0.6) is 0 Å². The molecule has 1 saturated carbocycles. The Morgan fingerprint density at radius 3 is 2.55 bits per heavy atom. The summed E-state index contributed by atoms with van der Waals surface area (Å²) in [7, 11) is 0. The molecule has 1 heterocycles. The van der Waals surface area contributed by atoms with Gasteiger partial charge in [-0.05, 0) is 45.7 Å². The molecule has 20 heavy (non-hydrogen) atoms. The van der Waals surface area contributed by atoms with E-state index in [0.717, 1.165) is 12.8 Å². The highest BCUT2D eigenvalue weighted by Gasteiger charge is 2.32. The molecule has 0 atom stereocenters. The normalized spacial score (nSPS) is 15.2. The van der Waals surface area contributed by atoms with Crippen molar-refractivity contribution in [2.75, 3.05) is 6.54 Å². The van der Waals surface area contributed by atoms with Crippen LogP contribution in [0.4, 0.5) is 0 Å². The highest BCUT2D eigenvalue weighted by molar-refractivity contribution is 5.93. The quantitative estimate of drug-likeness (QED) is 0.900. The van der Waals surface area contributed by atoms with E-state index < -0.39 is 11.5 Å². The van der Waals surface area contributed by atoms with Crippen molar-refractivity contribution < 1.29 is 14.7 Å². The molecule has 0 spiro atoms. The maximum atomic E-state index is 12.7. The number of carboxylic acids is 1. The van der Waals surface area contributed by atoms with Crippen LogP contribution in [0.1, 0.15) is 56.6 Å². The molecule has 2 rings (SSSR count). The predicted octanol–water partition coefficient (Wildman–Crippen LogP) is 2.54. The standard InChI is InChI=1S/C15H22N2O3/c1-15(2,3)17(10-8-13(18)19)14(20)12-5-4-9-16(12)11-6-7-11/h4-5,9,11H,6-8,10H2,1-3H3,(H,18,19). The smallest absolute Gasteiger partial charge is 0.305 e. The van der Waals surface area contributed by atoms with Crippen LogP contribution in [0.15, 0.2) is 18.3 Å². The molecule has 1 aromatic heterocycles. The van der Waals surface area contributed by atoms with Gasteiger partial charge in [-0.3, -0.25) is 9.59 Å². The van der Waals surface area contributed by atoms with Crippen molar-refractivity contribution in [2.24, 2.45) is 0 Å².